The highest BCUT2D eigenvalue weighted by molar-refractivity contribution is 6.42. The van der Waals surface area contributed by atoms with Crippen molar-refractivity contribution in [2.75, 3.05) is 0 Å². The minimum absolute atomic E-state index is 0.194. The van der Waals surface area contributed by atoms with Gasteiger partial charge in [0.1, 0.15) is 11.4 Å². The number of carbonyl (C=O) groups excluding carboxylic acids is 2. The first kappa shape index (κ1) is 12.3. The van der Waals surface area contributed by atoms with E-state index in [0.717, 1.165) is 25.7 Å². The van der Waals surface area contributed by atoms with Gasteiger partial charge in [0.05, 0.1) is 0 Å². The van der Waals surface area contributed by atoms with Crippen LogP contribution in [0.3, 0.4) is 0 Å². The molecule has 0 unspecified atom stereocenters. The molecule has 1 aliphatic rings. The Morgan fingerprint density at radius 1 is 0.929 bits per heavy atom. The molecule has 0 radical (unpaired) electrons. The van der Waals surface area contributed by atoms with Crippen molar-refractivity contribution in [2.45, 2.75) is 25.7 Å². The highest BCUT2D eigenvalue weighted by Crippen LogP contribution is 2.12. The van der Waals surface area contributed by atoms with E-state index in [1.165, 1.54) is 0 Å². The van der Waals surface area contributed by atoms with Crippen LogP contribution in [0.1, 0.15) is 25.7 Å². The van der Waals surface area contributed by atoms with Crippen LogP contribution in [-0.2, 0) is 9.59 Å². The Morgan fingerprint density at radius 3 is 1.50 bits per heavy atom. The van der Waals surface area contributed by atoms with E-state index in [4.69, 9.17) is 20.0 Å². The zero-order chi connectivity index (χ0) is 10.8. The molecule has 2 N–H and O–H groups in total. The lowest BCUT2D eigenvalue weighted by Crippen LogP contribution is -2.18. The highest BCUT2D eigenvalue weighted by Gasteiger charge is 2.15. The number of rotatable bonds is 1. The van der Waals surface area contributed by atoms with E-state index in [2.05, 4.69) is 10.3 Å². The fraction of sp³-hybridized carbons (Fsp3) is 0.500. The number of hydrogen-bond acceptors (Lipinski definition) is 6. The van der Waals surface area contributed by atoms with Crippen molar-refractivity contribution < 1.29 is 20.0 Å². The predicted octanol–water partition coefficient (Wildman–Crippen LogP) is 0.605. The van der Waals surface area contributed by atoms with Gasteiger partial charge in [0.2, 0.25) is 0 Å². The molecular weight excluding hydrogens is 188 g/mol. The first-order chi connectivity index (χ1) is 6.79. The molecular formula is C8H12N2O4. The number of hydrogen-bond donors (Lipinski definition) is 2. The smallest absolute Gasteiger partial charge is 0.182 e. The van der Waals surface area contributed by atoms with E-state index in [1.807, 2.05) is 0 Å². The molecule has 1 saturated carbocycles. The van der Waals surface area contributed by atoms with Gasteiger partial charge < -0.3 is 10.4 Å². The predicted molar refractivity (Wildman–Crippen MR) is 49.0 cm³/mol. The Hall–Kier alpha value is -1.72. The summed E-state index contributed by atoms with van der Waals surface area (Å²) < 4.78 is 0. The van der Waals surface area contributed by atoms with Gasteiger partial charge in [0.25, 0.3) is 0 Å². The van der Waals surface area contributed by atoms with Crippen LogP contribution in [0.2, 0.25) is 0 Å². The first-order valence-electron chi connectivity index (χ1n) is 4.11. The molecule has 0 aliphatic heterocycles. The van der Waals surface area contributed by atoms with E-state index < -0.39 is 0 Å². The van der Waals surface area contributed by atoms with Gasteiger partial charge in [-0.25, -0.2) is 0 Å². The molecule has 0 aromatic heterocycles. The second-order valence-corrected chi connectivity index (χ2v) is 2.57. The fourth-order valence-corrected chi connectivity index (χ4v) is 1.09. The third-order valence-corrected chi connectivity index (χ3v) is 1.71. The Kier molecular flexibility index (Phi) is 6.93. The average molecular weight is 200 g/mol. The van der Waals surface area contributed by atoms with E-state index in [9.17, 15) is 0 Å². The summed E-state index contributed by atoms with van der Waals surface area (Å²) in [6, 6.07) is 0. The molecule has 0 amide bonds. The van der Waals surface area contributed by atoms with E-state index in [1.54, 1.807) is 0 Å². The molecule has 14 heavy (non-hydrogen) atoms. The summed E-state index contributed by atoms with van der Waals surface area (Å²) >= 11 is 0. The van der Waals surface area contributed by atoms with Crippen molar-refractivity contribution in [3.8, 4) is 0 Å². The van der Waals surface area contributed by atoms with Crippen molar-refractivity contribution >= 4 is 24.0 Å². The molecule has 78 valence electrons. The minimum atomic E-state index is 0.194. The van der Waals surface area contributed by atoms with Crippen LogP contribution in [0.15, 0.2) is 10.3 Å². The fourth-order valence-electron chi connectivity index (χ4n) is 1.09. The summed E-state index contributed by atoms with van der Waals surface area (Å²) in [6.45, 7) is 0. The highest BCUT2D eigenvalue weighted by atomic mass is 16.4. The van der Waals surface area contributed by atoms with Crippen LogP contribution in [0, 0.1) is 0 Å². The molecule has 0 bridgehead atoms. The van der Waals surface area contributed by atoms with Gasteiger partial charge in [-0.2, -0.15) is 0 Å². The Bertz CT molecular complexity index is 222. The van der Waals surface area contributed by atoms with Gasteiger partial charge in [0, 0.05) is 0 Å². The molecule has 0 aromatic rings. The normalized spacial score (nSPS) is 21.1. The second kappa shape index (κ2) is 7.90. The summed E-state index contributed by atoms with van der Waals surface area (Å²) in [5, 5.41) is 22.8. The summed E-state index contributed by atoms with van der Waals surface area (Å²) in [5.74, 6) is 0. The second-order valence-electron chi connectivity index (χ2n) is 2.57. The van der Waals surface area contributed by atoms with E-state index in [0.29, 0.717) is 11.4 Å². The third-order valence-electron chi connectivity index (χ3n) is 1.71. The molecule has 0 atom stereocenters. The van der Waals surface area contributed by atoms with Crippen LogP contribution >= 0.6 is 0 Å². The summed E-state index contributed by atoms with van der Waals surface area (Å²) in [7, 11) is 0. The first-order valence-corrected chi connectivity index (χ1v) is 4.11. The quantitative estimate of drug-likeness (QED) is 0.280. The van der Waals surface area contributed by atoms with E-state index in [-0.39, 0.29) is 12.6 Å². The van der Waals surface area contributed by atoms with Crippen LogP contribution in [-0.4, -0.2) is 34.4 Å². The molecule has 1 rings (SSSR count). The summed E-state index contributed by atoms with van der Waals surface area (Å²) in [4.78, 5) is 17.6. The molecule has 0 spiro atoms. The standard InChI is InChI=1S/C6H10N2O2.C2H2O2/c9-7-5-3-1-2-4-6(5)8-10;3-1-2-4/h9-10H,1-4H2;1-2H. The maximum Gasteiger partial charge on any atom is 0.182 e. The SMILES string of the molecule is O=CC=O.ON=C1CCCCC1=NO. The third kappa shape index (κ3) is 4.34. The summed E-state index contributed by atoms with van der Waals surface area (Å²) in [6.07, 6.45) is 3.85. The molecule has 0 heterocycles. The van der Waals surface area contributed by atoms with E-state index >= 15 is 0 Å². The van der Waals surface area contributed by atoms with Crippen LogP contribution in [0.5, 0.6) is 0 Å². The van der Waals surface area contributed by atoms with Crippen molar-refractivity contribution in [1.82, 2.24) is 0 Å². The van der Waals surface area contributed by atoms with Crippen LogP contribution < -0.4 is 0 Å². The lowest BCUT2D eigenvalue weighted by molar-refractivity contribution is -0.122. The van der Waals surface area contributed by atoms with Crippen LogP contribution in [0.4, 0.5) is 0 Å². The van der Waals surface area contributed by atoms with Gasteiger partial charge in [-0.15, -0.1) is 0 Å². The largest absolute Gasteiger partial charge is 0.411 e. The topological polar surface area (TPSA) is 99.3 Å². The lowest BCUT2D eigenvalue weighted by Gasteiger charge is -2.11. The maximum absolute atomic E-state index is 8.81. The minimum Gasteiger partial charge on any atom is -0.411 e. The zero-order valence-corrected chi connectivity index (χ0v) is 7.59. The number of oxime groups is 2. The van der Waals surface area contributed by atoms with Crippen molar-refractivity contribution in [1.29, 1.82) is 0 Å². The lowest BCUT2D eigenvalue weighted by atomic mass is 9.97. The summed E-state index contributed by atoms with van der Waals surface area (Å²) in [5.41, 5.74) is 1.04. The van der Waals surface area contributed by atoms with Gasteiger partial charge in [0.15, 0.2) is 12.6 Å². The van der Waals surface area contributed by atoms with Gasteiger partial charge in [-0.1, -0.05) is 10.3 Å². The Labute approximate surface area is 80.9 Å². The molecule has 0 saturated heterocycles. The molecule has 6 nitrogen and oxygen atoms in total. The Balaban J connectivity index is 0.000000364. The number of nitrogens with zero attached hydrogens (tertiary/aromatic N) is 2. The molecule has 1 aliphatic carbocycles. The maximum atomic E-state index is 8.81. The van der Waals surface area contributed by atoms with Crippen molar-refractivity contribution in [3.05, 3.63) is 0 Å². The van der Waals surface area contributed by atoms with Crippen LogP contribution in [0.25, 0.3) is 0 Å². The molecule has 1 fully saturated rings. The van der Waals surface area contributed by atoms with Crippen molar-refractivity contribution in [3.63, 3.8) is 0 Å². The van der Waals surface area contributed by atoms with Gasteiger partial charge in [-0.3, -0.25) is 9.59 Å². The van der Waals surface area contributed by atoms with Gasteiger partial charge >= 0.3 is 0 Å². The number of carbonyl (C=O) groups is 2. The van der Waals surface area contributed by atoms with Gasteiger partial charge in [-0.05, 0) is 25.7 Å². The molecule has 0 aromatic carbocycles. The van der Waals surface area contributed by atoms with Crippen molar-refractivity contribution in [2.24, 2.45) is 10.3 Å². The Morgan fingerprint density at radius 2 is 1.29 bits per heavy atom. The monoisotopic (exact) mass is 200 g/mol. The number of aldehydes is 2. The molecule has 6 heteroatoms. The average Bonchev–Trinajstić information content (AvgIpc) is 2.29. The zero-order valence-electron chi connectivity index (χ0n) is 7.59.